The van der Waals surface area contributed by atoms with Gasteiger partial charge >= 0.3 is 0 Å². The summed E-state index contributed by atoms with van der Waals surface area (Å²) in [5.41, 5.74) is 9.88. The van der Waals surface area contributed by atoms with Crippen molar-refractivity contribution in [1.29, 1.82) is 0 Å². The van der Waals surface area contributed by atoms with Crippen molar-refractivity contribution in [3.63, 3.8) is 0 Å². The molecule has 1 N–H and O–H groups in total. The zero-order chi connectivity index (χ0) is 20.2. The number of benzene rings is 3. The highest BCUT2D eigenvalue weighted by molar-refractivity contribution is 9.10. The second kappa shape index (κ2) is 6.97. The Kier molecular flexibility index (Phi) is 4.53. The maximum absolute atomic E-state index is 11.8. The Morgan fingerprint density at radius 1 is 1.03 bits per heavy atom. The lowest BCUT2D eigenvalue weighted by atomic mass is 9.70. The molecule has 0 radical (unpaired) electrons. The Labute approximate surface area is 181 Å². The smallest absolute Gasteiger partial charge is 0.0892 e. The van der Waals surface area contributed by atoms with Crippen molar-refractivity contribution in [3.05, 3.63) is 110 Å². The summed E-state index contributed by atoms with van der Waals surface area (Å²) in [5, 5.41) is 11.8. The Balaban J connectivity index is 1.66. The normalized spacial score (nSPS) is 22.3. The van der Waals surface area contributed by atoms with Crippen LogP contribution in [0.15, 0.2) is 70.7 Å². The van der Waals surface area contributed by atoms with Gasteiger partial charge in [-0.3, -0.25) is 0 Å². The zero-order valence-electron chi connectivity index (χ0n) is 16.9. The average molecular weight is 445 g/mol. The highest BCUT2D eigenvalue weighted by atomic mass is 79.9. The van der Waals surface area contributed by atoms with Crippen molar-refractivity contribution in [2.75, 3.05) is 0 Å². The van der Waals surface area contributed by atoms with Crippen LogP contribution in [0.3, 0.4) is 0 Å². The number of fused-ring (bicyclic) bond motifs is 2. The lowest BCUT2D eigenvalue weighted by Crippen LogP contribution is -2.31. The summed E-state index contributed by atoms with van der Waals surface area (Å²) < 4.78 is 1.17. The van der Waals surface area contributed by atoms with Gasteiger partial charge in [0.05, 0.1) is 6.10 Å². The predicted octanol–water partition coefficient (Wildman–Crippen LogP) is 6.52. The van der Waals surface area contributed by atoms with Crippen molar-refractivity contribution < 1.29 is 5.11 Å². The lowest BCUT2D eigenvalue weighted by Gasteiger charge is -2.35. The molecule has 3 aromatic rings. The van der Waals surface area contributed by atoms with E-state index in [2.05, 4.69) is 96.5 Å². The van der Waals surface area contributed by atoms with E-state index >= 15 is 0 Å². The summed E-state index contributed by atoms with van der Waals surface area (Å²) in [6.07, 6.45) is 4.49. The molecule has 2 unspecified atom stereocenters. The van der Waals surface area contributed by atoms with E-state index in [9.17, 15) is 5.11 Å². The molecule has 0 bridgehead atoms. The molecule has 5 rings (SSSR count). The van der Waals surface area contributed by atoms with Crippen LogP contribution in [-0.4, -0.2) is 5.11 Å². The first-order valence-corrected chi connectivity index (χ1v) is 11.1. The molecule has 0 amide bonds. The number of aryl methyl sites for hydroxylation is 1. The summed E-state index contributed by atoms with van der Waals surface area (Å²) in [4.78, 5) is 0. The van der Waals surface area contributed by atoms with Crippen LogP contribution in [0.1, 0.15) is 45.0 Å². The topological polar surface area (TPSA) is 20.2 Å². The Morgan fingerprint density at radius 3 is 2.52 bits per heavy atom. The highest BCUT2D eigenvalue weighted by Crippen LogP contribution is 2.56. The summed E-state index contributed by atoms with van der Waals surface area (Å²) in [6.45, 7) is 4.30. The maximum Gasteiger partial charge on any atom is 0.0892 e. The van der Waals surface area contributed by atoms with E-state index in [1.54, 1.807) is 0 Å². The summed E-state index contributed by atoms with van der Waals surface area (Å²) >= 11 is 3.77. The number of hydrogen-bond acceptors (Lipinski definition) is 1. The highest BCUT2D eigenvalue weighted by Gasteiger charge is 2.49. The first-order chi connectivity index (χ1) is 14.0. The van der Waals surface area contributed by atoms with E-state index < -0.39 is 6.10 Å². The molecule has 0 spiro atoms. The number of halogens is 1. The van der Waals surface area contributed by atoms with Crippen molar-refractivity contribution in [2.45, 2.75) is 39.2 Å². The molecule has 0 aromatic heterocycles. The Hall–Kier alpha value is -2.16. The lowest BCUT2D eigenvalue weighted by molar-refractivity contribution is 0.0650. The van der Waals surface area contributed by atoms with Crippen molar-refractivity contribution in [3.8, 4) is 0 Å². The van der Waals surface area contributed by atoms with Gasteiger partial charge in [-0.2, -0.15) is 0 Å². The van der Waals surface area contributed by atoms with E-state index in [4.69, 9.17) is 0 Å². The third-order valence-corrected chi connectivity index (χ3v) is 8.15. The second-order valence-electron chi connectivity index (χ2n) is 8.64. The van der Waals surface area contributed by atoms with E-state index in [1.165, 1.54) is 43.4 Å². The quantitative estimate of drug-likeness (QED) is 0.486. The fourth-order valence-electron chi connectivity index (χ4n) is 5.34. The van der Waals surface area contributed by atoms with E-state index in [1.807, 2.05) is 0 Å². The van der Waals surface area contributed by atoms with Gasteiger partial charge in [0.25, 0.3) is 0 Å². The molecular weight excluding hydrogens is 420 g/mol. The molecule has 0 saturated carbocycles. The molecule has 2 aliphatic carbocycles. The van der Waals surface area contributed by atoms with Crippen LogP contribution in [0, 0.1) is 19.3 Å². The van der Waals surface area contributed by atoms with Gasteiger partial charge in [0.1, 0.15) is 0 Å². The molecule has 1 nitrogen and oxygen atoms in total. The predicted molar refractivity (Wildman–Crippen MR) is 123 cm³/mol. The van der Waals surface area contributed by atoms with Gasteiger partial charge in [0, 0.05) is 9.89 Å². The van der Waals surface area contributed by atoms with Gasteiger partial charge in [-0.15, -0.1) is 0 Å². The monoisotopic (exact) mass is 444 g/mol. The summed E-state index contributed by atoms with van der Waals surface area (Å²) in [7, 11) is 0. The second-order valence-corrected chi connectivity index (χ2v) is 9.44. The molecule has 0 saturated heterocycles. The molecule has 0 fully saturated rings. The fraction of sp³-hybridized carbons (Fsp3) is 0.259. The Bertz CT molecular complexity index is 1130. The molecule has 29 heavy (non-hydrogen) atoms. The molecule has 0 aliphatic heterocycles. The van der Waals surface area contributed by atoms with Crippen LogP contribution in [0.2, 0.25) is 0 Å². The molecule has 2 atom stereocenters. The van der Waals surface area contributed by atoms with E-state index in [0.717, 1.165) is 24.8 Å². The maximum atomic E-state index is 11.8. The number of aliphatic hydroxyl groups excluding tert-OH is 1. The minimum atomic E-state index is -0.497. The molecule has 146 valence electrons. The molecule has 0 heterocycles. The van der Waals surface area contributed by atoms with Crippen molar-refractivity contribution in [2.24, 2.45) is 5.41 Å². The number of hydrogen-bond donors (Lipinski definition) is 1. The zero-order valence-corrected chi connectivity index (χ0v) is 18.5. The summed E-state index contributed by atoms with van der Waals surface area (Å²) in [5.74, 6) is 0. The van der Waals surface area contributed by atoms with Gasteiger partial charge in [-0.05, 0) is 72.1 Å². The average Bonchev–Trinajstić information content (AvgIpc) is 3.28. The van der Waals surface area contributed by atoms with E-state index in [0.29, 0.717) is 0 Å². The van der Waals surface area contributed by atoms with Gasteiger partial charge in [0.15, 0.2) is 0 Å². The van der Waals surface area contributed by atoms with E-state index in [-0.39, 0.29) is 5.41 Å². The first-order valence-electron chi connectivity index (χ1n) is 10.3. The van der Waals surface area contributed by atoms with Crippen LogP contribution in [-0.2, 0) is 19.3 Å². The SMILES string of the molecule is Cc1cc2c(c(C)c1Br)CC(Cc1ccccc1)(C1=Cc3ccccc3C1)C2O. The summed E-state index contributed by atoms with van der Waals surface area (Å²) in [6, 6.07) is 21.5. The molecule has 3 aromatic carbocycles. The molecule has 2 heteroatoms. The van der Waals surface area contributed by atoms with Crippen LogP contribution >= 0.6 is 15.9 Å². The Morgan fingerprint density at radius 2 is 1.76 bits per heavy atom. The minimum Gasteiger partial charge on any atom is -0.387 e. The standard InChI is InChI=1S/C27H25BrO/c1-17-12-23-24(18(2)25(17)28)16-27(26(23)29,15-19-8-4-3-5-9-19)22-13-20-10-6-7-11-21(20)14-22/h3-13,26,29H,14-16H2,1-2H3. The molecular formula is C27H25BrO. The van der Waals surface area contributed by atoms with Gasteiger partial charge in [-0.1, -0.05) is 88.2 Å². The third kappa shape index (κ3) is 2.93. The van der Waals surface area contributed by atoms with Crippen LogP contribution in [0.4, 0.5) is 0 Å². The van der Waals surface area contributed by atoms with Gasteiger partial charge < -0.3 is 5.11 Å². The minimum absolute atomic E-state index is 0.305. The fourth-order valence-corrected chi connectivity index (χ4v) is 5.69. The van der Waals surface area contributed by atoms with Gasteiger partial charge in [0.2, 0.25) is 0 Å². The number of aliphatic hydroxyl groups is 1. The van der Waals surface area contributed by atoms with Crippen LogP contribution in [0.25, 0.3) is 6.08 Å². The first kappa shape index (κ1) is 18.8. The number of rotatable bonds is 3. The van der Waals surface area contributed by atoms with Crippen molar-refractivity contribution in [1.82, 2.24) is 0 Å². The van der Waals surface area contributed by atoms with Gasteiger partial charge in [-0.25, -0.2) is 0 Å². The largest absolute Gasteiger partial charge is 0.387 e. The van der Waals surface area contributed by atoms with Crippen LogP contribution in [0.5, 0.6) is 0 Å². The van der Waals surface area contributed by atoms with Crippen LogP contribution < -0.4 is 0 Å². The molecule has 2 aliphatic rings. The third-order valence-electron chi connectivity index (χ3n) is 6.93. The van der Waals surface area contributed by atoms with Crippen molar-refractivity contribution >= 4 is 22.0 Å².